The van der Waals surface area contributed by atoms with Crippen molar-refractivity contribution >= 4 is 29.3 Å². The Bertz CT molecular complexity index is 84.1. The predicted octanol–water partition coefficient (Wildman–Crippen LogP) is 1.81. The van der Waals surface area contributed by atoms with Crippen molar-refractivity contribution < 1.29 is 4.74 Å². The minimum atomic E-state index is 0.233. The quantitative estimate of drug-likeness (QED) is 0.339. The van der Waals surface area contributed by atoms with Crippen LogP contribution in [0, 0.1) is 0 Å². The smallest absolute Gasteiger partial charge is 0.216 e. The van der Waals surface area contributed by atoms with Crippen LogP contribution in [-0.2, 0) is 4.74 Å². The zero-order chi connectivity index (χ0) is 6.41. The van der Waals surface area contributed by atoms with Gasteiger partial charge in [-0.1, -0.05) is 0 Å². The van der Waals surface area contributed by atoms with Crippen LogP contribution in [0.25, 0.3) is 0 Å². The molecule has 0 rings (SSSR count). The van der Waals surface area contributed by atoms with Crippen molar-refractivity contribution in [2.24, 2.45) is 4.51 Å². The summed E-state index contributed by atoms with van der Waals surface area (Å²) in [6, 6.07) is 0. The van der Waals surface area contributed by atoms with Crippen LogP contribution in [0.4, 0.5) is 0 Å². The van der Waals surface area contributed by atoms with E-state index in [0.717, 1.165) is 0 Å². The van der Waals surface area contributed by atoms with Gasteiger partial charge in [-0.2, -0.15) is 0 Å². The van der Waals surface area contributed by atoms with E-state index in [1.807, 2.05) is 6.92 Å². The molecule has 0 N–H and O–H groups in total. The first-order valence-corrected chi connectivity index (χ1v) is 3.09. The fourth-order valence-electron chi connectivity index (χ4n) is 0.252. The lowest BCUT2D eigenvalue weighted by atomic mass is 10.7. The van der Waals surface area contributed by atoms with Gasteiger partial charge in [-0.15, -0.1) is 16.1 Å². The molecule has 0 fully saturated rings. The molecule has 0 spiro atoms. The molecule has 0 unspecified atom stereocenters. The second-order valence-electron chi connectivity index (χ2n) is 1.04. The Morgan fingerprint density at radius 1 is 1.75 bits per heavy atom. The predicted molar refractivity (Wildman–Crippen MR) is 35.6 cm³/mol. The molecule has 2 nitrogen and oxygen atoms in total. The average molecular weight is 156 g/mol. The second kappa shape index (κ2) is 5.19. The van der Waals surface area contributed by atoms with Gasteiger partial charge in [-0.3, -0.25) is 0 Å². The maximum Gasteiger partial charge on any atom is 0.216 e. The molecule has 8 heavy (non-hydrogen) atoms. The molecule has 0 aromatic rings. The van der Waals surface area contributed by atoms with Crippen LogP contribution in [-0.4, -0.2) is 18.4 Å². The fraction of sp³-hybridized carbons (Fsp3) is 0.750. The zero-order valence-corrected chi connectivity index (χ0v) is 6.04. The van der Waals surface area contributed by atoms with Crippen molar-refractivity contribution in [2.75, 3.05) is 12.5 Å². The van der Waals surface area contributed by atoms with Crippen molar-refractivity contribution in [1.29, 1.82) is 0 Å². The molecular formula is C4H7Cl2NO. The van der Waals surface area contributed by atoms with Crippen molar-refractivity contribution in [3.05, 3.63) is 0 Å². The van der Waals surface area contributed by atoms with Gasteiger partial charge in [0.1, 0.15) is 0 Å². The summed E-state index contributed by atoms with van der Waals surface area (Å²) in [5, 5.41) is 0. The lowest BCUT2D eigenvalue weighted by molar-refractivity contribution is 0.326. The summed E-state index contributed by atoms with van der Waals surface area (Å²) in [6.07, 6.45) is 0. The Kier molecular flexibility index (Phi) is 5.22. The molecule has 0 saturated heterocycles. The number of ether oxygens (including phenoxy) is 1. The Labute approximate surface area is 58.6 Å². The maximum absolute atomic E-state index is 5.31. The summed E-state index contributed by atoms with van der Waals surface area (Å²) in [5.74, 6) is 0.605. The lowest BCUT2D eigenvalue weighted by Crippen LogP contribution is -2.04. The Hall–Kier alpha value is 0.0500. The number of hydrogen-bond acceptors (Lipinski definition) is 2. The van der Waals surface area contributed by atoms with Crippen molar-refractivity contribution in [3.63, 3.8) is 0 Å². The van der Waals surface area contributed by atoms with Crippen LogP contribution in [0.5, 0.6) is 0 Å². The van der Waals surface area contributed by atoms with E-state index in [2.05, 4.69) is 4.51 Å². The summed E-state index contributed by atoms with van der Waals surface area (Å²) in [4.78, 5) is 0. The number of nitrogens with zero attached hydrogens (tertiary/aromatic N) is 1. The van der Waals surface area contributed by atoms with E-state index in [9.17, 15) is 0 Å². The summed E-state index contributed by atoms with van der Waals surface area (Å²) in [7, 11) is 0. The van der Waals surface area contributed by atoms with Crippen molar-refractivity contribution in [2.45, 2.75) is 6.92 Å². The highest BCUT2D eigenvalue weighted by molar-refractivity contribution is 6.30. The molecule has 0 aromatic heterocycles. The SMILES string of the molecule is CCOC(CCl)=NCl. The van der Waals surface area contributed by atoms with Gasteiger partial charge in [0.05, 0.1) is 12.5 Å². The van der Waals surface area contributed by atoms with Gasteiger partial charge in [0.2, 0.25) is 5.90 Å². The molecular weight excluding hydrogens is 149 g/mol. The molecule has 48 valence electrons. The van der Waals surface area contributed by atoms with Gasteiger partial charge in [0.25, 0.3) is 0 Å². The van der Waals surface area contributed by atoms with Crippen LogP contribution in [0.2, 0.25) is 0 Å². The molecule has 0 heterocycles. The molecule has 0 aliphatic carbocycles. The molecule has 0 aromatic carbocycles. The van der Waals surface area contributed by atoms with Gasteiger partial charge >= 0.3 is 0 Å². The van der Waals surface area contributed by atoms with Crippen molar-refractivity contribution in [3.8, 4) is 0 Å². The molecule has 0 aliphatic heterocycles. The van der Waals surface area contributed by atoms with Gasteiger partial charge in [-0.05, 0) is 6.92 Å². The number of halogens is 2. The largest absolute Gasteiger partial charge is 0.480 e. The lowest BCUT2D eigenvalue weighted by Gasteiger charge is -1.98. The summed E-state index contributed by atoms with van der Waals surface area (Å²) in [5.41, 5.74) is 0. The third-order valence-corrected chi connectivity index (χ3v) is 0.937. The number of hydrogen-bond donors (Lipinski definition) is 0. The number of rotatable bonds is 2. The first-order chi connectivity index (χ1) is 3.85. The Balaban J connectivity index is 3.38. The van der Waals surface area contributed by atoms with E-state index in [0.29, 0.717) is 12.5 Å². The summed E-state index contributed by atoms with van der Waals surface area (Å²) >= 11 is 10.3. The Morgan fingerprint density at radius 2 is 2.38 bits per heavy atom. The average Bonchev–Trinajstić information content (AvgIpc) is 1.83. The monoisotopic (exact) mass is 155 g/mol. The first-order valence-electron chi connectivity index (χ1n) is 2.21. The molecule has 0 amide bonds. The molecule has 0 aliphatic rings. The molecule has 0 atom stereocenters. The van der Waals surface area contributed by atoms with E-state index < -0.39 is 0 Å². The van der Waals surface area contributed by atoms with E-state index >= 15 is 0 Å². The third-order valence-electron chi connectivity index (χ3n) is 0.520. The highest BCUT2D eigenvalue weighted by Crippen LogP contribution is 1.89. The normalized spacial score (nSPS) is 11.6. The third kappa shape index (κ3) is 3.10. The van der Waals surface area contributed by atoms with Crippen LogP contribution in [0.3, 0.4) is 0 Å². The van der Waals surface area contributed by atoms with E-state index in [1.165, 1.54) is 0 Å². The molecule has 0 radical (unpaired) electrons. The highest BCUT2D eigenvalue weighted by atomic mass is 35.5. The standard InChI is InChI=1S/C4H7Cl2NO/c1-2-8-4(3-5)7-6/h2-3H2,1H3. The van der Waals surface area contributed by atoms with Crippen molar-refractivity contribution in [1.82, 2.24) is 0 Å². The molecule has 4 heteroatoms. The highest BCUT2D eigenvalue weighted by Gasteiger charge is 1.92. The van der Waals surface area contributed by atoms with Gasteiger partial charge in [-0.25, -0.2) is 0 Å². The zero-order valence-electron chi connectivity index (χ0n) is 4.53. The fourth-order valence-corrected chi connectivity index (χ4v) is 0.559. The van der Waals surface area contributed by atoms with Crippen LogP contribution < -0.4 is 0 Å². The van der Waals surface area contributed by atoms with Crippen LogP contribution in [0.15, 0.2) is 4.51 Å². The van der Waals surface area contributed by atoms with E-state index in [4.69, 9.17) is 28.1 Å². The molecule has 0 bridgehead atoms. The van der Waals surface area contributed by atoms with Gasteiger partial charge in [0, 0.05) is 11.8 Å². The minimum absolute atomic E-state index is 0.233. The topological polar surface area (TPSA) is 21.6 Å². The van der Waals surface area contributed by atoms with Crippen LogP contribution in [0.1, 0.15) is 6.92 Å². The van der Waals surface area contributed by atoms with Gasteiger partial charge in [0.15, 0.2) is 0 Å². The van der Waals surface area contributed by atoms with Crippen LogP contribution >= 0.6 is 23.4 Å². The second-order valence-corrected chi connectivity index (χ2v) is 1.48. The van der Waals surface area contributed by atoms with E-state index in [1.54, 1.807) is 0 Å². The first kappa shape index (κ1) is 8.05. The summed E-state index contributed by atoms with van der Waals surface area (Å²) < 4.78 is 8.06. The van der Waals surface area contributed by atoms with E-state index in [-0.39, 0.29) is 5.88 Å². The molecule has 0 saturated carbocycles. The minimum Gasteiger partial charge on any atom is -0.480 e. The summed E-state index contributed by atoms with van der Waals surface area (Å²) in [6.45, 7) is 2.40. The van der Waals surface area contributed by atoms with Gasteiger partial charge < -0.3 is 4.74 Å². The maximum atomic E-state index is 5.31. The Morgan fingerprint density at radius 3 is 2.50 bits per heavy atom. The number of alkyl halides is 1.